The number of nitrogens with one attached hydrogen (secondary N) is 2. The molecule has 0 bridgehead atoms. The molecule has 1 aromatic heterocycles. The van der Waals surface area contributed by atoms with Gasteiger partial charge < -0.3 is 10.6 Å². The number of hydrogen-bond acceptors (Lipinski definition) is 4. The van der Waals surface area contributed by atoms with E-state index >= 15 is 0 Å². The van der Waals surface area contributed by atoms with Crippen LogP contribution in [0, 0.1) is 5.92 Å². The van der Waals surface area contributed by atoms with Gasteiger partial charge in [0, 0.05) is 24.2 Å². The minimum Gasteiger partial charge on any atom is -0.373 e. The van der Waals surface area contributed by atoms with Crippen molar-refractivity contribution >= 4 is 28.7 Å². The number of nitrogens with zero attached hydrogens (tertiary/aromatic N) is 2. The molecule has 0 unspecified atom stereocenters. The highest BCUT2D eigenvalue weighted by atomic mass is 32.1. The second-order valence-corrected chi connectivity index (χ2v) is 7.65. The zero-order valence-corrected chi connectivity index (χ0v) is 14.6. The molecule has 2 atom stereocenters. The third-order valence-electron chi connectivity index (χ3n) is 5.03. The SMILES string of the molecule is CN=CN[C@H]1CCC[C@@H]1C(=O)Nc1ncc(C2CCCCC2)s1. The first-order valence-electron chi connectivity index (χ1n) is 8.71. The summed E-state index contributed by atoms with van der Waals surface area (Å²) in [4.78, 5) is 22.3. The van der Waals surface area contributed by atoms with Gasteiger partial charge >= 0.3 is 0 Å². The van der Waals surface area contributed by atoms with Gasteiger partial charge in [-0.1, -0.05) is 25.7 Å². The maximum atomic E-state index is 12.5. The third-order valence-corrected chi connectivity index (χ3v) is 6.11. The van der Waals surface area contributed by atoms with Crippen molar-refractivity contribution < 1.29 is 4.79 Å². The Morgan fingerprint density at radius 2 is 2.09 bits per heavy atom. The number of carbonyl (C=O) groups excluding carboxylic acids is 1. The Kier molecular flexibility index (Phi) is 5.65. The van der Waals surface area contributed by atoms with Gasteiger partial charge in [-0.3, -0.25) is 9.79 Å². The Bertz CT molecular complexity index is 551. The van der Waals surface area contributed by atoms with Gasteiger partial charge in [-0.2, -0.15) is 0 Å². The van der Waals surface area contributed by atoms with E-state index in [2.05, 4.69) is 20.6 Å². The van der Waals surface area contributed by atoms with Gasteiger partial charge in [0.1, 0.15) is 0 Å². The molecule has 126 valence electrons. The van der Waals surface area contributed by atoms with Gasteiger partial charge in [-0.05, 0) is 31.6 Å². The molecule has 1 aromatic rings. The minimum absolute atomic E-state index is 0.00929. The van der Waals surface area contributed by atoms with E-state index in [0.717, 1.165) is 24.4 Å². The van der Waals surface area contributed by atoms with Crippen LogP contribution in [0.15, 0.2) is 11.2 Å². The molecule has 2 saturated carbocycles. The van der Waals surface area contributed by atoms with Crippen LogP contribution in [0.25, 0.3) is 0 Å². The predicted octanol–water partition coefficient (Wildman–Crippen LogP) is 3.55. The molecule has 6 heteroatoms. The van der Waals surface area contributed by atoms with E-state index in [1.807, 2.05) is 6.20 Å². The number of aromatic nitrogens is 1. The Morgan fingerprint density at radius 3 is 2.87 bits per heavy atom. The summed E-state index contributed by atoms with van der Waals surface area (Å²) in [6, 6.07) is 0.191. The average Bonchev–Trinajstić information content (AvgIpc) is 3.23. The standard InChI is InChI=1S/C17H26N4OS/c1-18-11-20-14-9-5-8-13(14)16(22)21-17-19-10-15(23-17)12-6-3-2-4-7-12/h10-14H,2-9H2,1H3,(H,18,20)(H,19,21,22)/t13-,14-/m0/s1. The van der Waals surface area contributed by atoms with E-state index in [1.54, 1.807) is 24.7 Å². The van der Waals surface area contributed by atoms with Gasteiger partial charge in [0.25, 0.3) is 0 Å². The fourth-order valence-electron chi connectivity index (χ4n) is 3.76. The summed E-state index contributed by atoms with van der Waals surface area (Å²) in [6.07, 6.45) is 13.2. The molecule has 1 heterocycles. The monoisotopic (exact) mass is 334 g/mol. The van der Waals surface area contributed by atoms with Crippen LogP contribution in [0.1, 0.15) is 62.2 Å². The molecule has 5 nitrogen and oxygen atoms in total. The van der Waals surface area contributed by atoms with Crippen LogP contribution < -0.4 is 10.6 Å². The molecule has 3 rings (SSSR count). The van der Waals surface area contributed by atoms with Crippen molar-refractivity contribution in [2.75, 3.05) is 12.4 Å². The summed E-state index contributed by atoms with van der Waals surface area (Å²) in [7, 11) is 1.74. The first kappa shape index (κ1) is 16.4. The van der Waals surface area contributed by atoms with Gasteiger partial charge in [-0.25, -0.2) is 4.98 Å². The van der Waals surface area contributed by atoms with Crippen LogP contribution in [0.2, 0.25) is 0 Å². The molecule has 2 aliphatic rings. The lowest BCUT2D eigenvalue weighted by atomic mass is 9.89. The van der Waals surface area contributed by atoms with Crippen molar-refractivity contribution in [3.63, 3.8) is 0 Å². The van der Waals surface area contributed by atoms with Crippen LogP contribution in [-0.2, 0) is 4.79 Å². The van der Waals surface area contributed by atoms with E-state index in [9.17, 15) is 4.79 Å². The van der Waals surface area contributed by atoms with E-state index in [1.165, 1.54) is 37.0 Å². The second-order valence-electron chi connectivity index (χ2n) is 6.59. The maximum absolute atomic E-state index is 12.5. The summed E-state index contributed by atoms with van der Waals surface area (Å²) >= 11 is 1.66. The molecular weight excluding hydrogens is 308 g/mol. The number of anilines is 1. The van der Waals surface area contributed by atoms with E-state index < -0.39 is 0 Å². The van der Waals surface area contributed by atoms with Gasteiger partial charge in [0.2, 0.25) is 5.91 Å². The topological polar surface area (TPSA) is 66.4 Å². The Labute approximate surface area is 142 Å². The van der Waals surface area contributed by atoms with Crippen molar-refractivity contribution in [3.05, 3.63) is 11.1 Å². The predicted molar refractivity (Wildman–Crippen MR) is 95.3 cm³/mol. The molecule has 0 aliphatic heterocycles. The van der Waals surface area contributed by atoms with Crippen LogP contribution in [0.5, 0.6) is 0 Å². The molecule has 2 aliphatic carbocycles. The quantitative estimate of drug-likeness (QED) is 0.639. The summed E-state index contributed by atoms with van der Waals surface area (Å²) in [5.74, 6) is 0.748. The first-order valence-corrected chi connectivity index (χ1v) is 9.53. The Balaban J connectivity index is 1.58. The molecule has 0 aromatic carbocycles. The van der Waals surface area contributed by atoms with E-state index in [0.29, 0.717) is 5.92 Å². The molecule has 0 saturated heterocycles. The fourth-order valence-corrected chi connectivity index (χ4v) is 4.75. The average molecular weight is 334 g/mol. The highest BCUT2D eigenvalue weighted by Gasteiger charge is 2.33. The number of carbonyl (C=O) groups is 1. The number of thiazole rings is 1. The van der Waals surface area contributed by atoms with Crippen molar-refractivity contribution in [1.82, 2.24) is 10.3 Å². The molecular formula is C17H26N4OS. The zero-order chi connectivity index (χ0) is 16.1. The van der Waals surface area contributed by atoms with Crippen molar-refractivity contribution in [1.29, 1.82) is 0 Å². The molecule has 2 fully saturated rings. The fraction of sp³-hybridized carbons (Fsp3) is 0.706. The lowest BCUT2D eigenvalue weighted by Gasteiger charge is -2.19. The molecule has 23 heavy (non-hydrogen) atoms. The van der Waals surface area contributed by atoms with E-state index in [4.69, 9.17) is 0 Å². The second kappa shape index (κ2) is 7.90. The largest absolute Gasteiger partial charge is 0.373 e. The van der Waals surface area contributed by atoms with Crippen LogP contribution in [0.4, 0.5) is 5.13 Å². The smallest absolute Gasteiger partial charge is 0.231 e. The first-order chi connectivity index (χ1) is 11.3. The summed E-state index contributed by atoms with van der Waals surface area (Å²) in [5, 5.41) is 7.02. The lowest BCUT2D eigenvalue weighted by Crippen LogP contribution is -2.38. The molecule has 0 radical (unpaired) electrons. The molecule has 0 spiro atoms. The molecule has 2 N–H and O–H groups in total. The summed E-state index contributed by atoms with van der Waals surface area (Å²) in [5.41, 5.74) is 0. The number of rotatable bonds is 5. The lowest BCUT2D eigenvalue weighted by molar-refractivity contribution is -0.120. The highest BCUT2D eigenvalue weighted by molar-refractivity contribution is 7.15. The van der Waals surface area contributed by atoms with Gasteiger partial charge in [0.15, 0.2) is 5.13 Å². The van der Waals surface area contributed by atoms with E-state index in [-0.39, 0.29) is 17.9 Å². The van der Waals surface area contributed by atoms with Crippen LogP contribution >= 0.6 is 11.3 Å². The zero-order valence-electron chi connectivity index (χ0n) is 13.8. The maximum Gasteiger partial charge on any atom is 0.231 e. The van der Waals surface area contributed by atoms with Crippen molar-refractivity contribution in [3.8, 4) is 0 Å². The normalized spacial score (nSPS) is 25.8. The Hall–Kier alpha value is -1.43. The third kappa shape index (κ3) is 4.10. The summed E-state index contributed by atoms with van der Waals surface area (Å²) < 4.78 is 0. The van der Waals surface area contributed by atoms with Gasteiger partial charge in [-0.15, -0.1) is 11.3 Å². The minimum atomic E-state index is 0.00929. The number of aliphatic imine (C=N–C) groups is 1. The van der Waals surface area contributed by atoms with Crippen LogP contribution in [-0.4, -0.2) is 30.3 Å². The van der Waals surface area contributed by atoms with Crippen molar-refractivity contribution in [2.45, 2.75) is 63.3 Å². The van der Waals surface area contributed by atoms with Crippen LogP contribution in [0.3, 0.4) is 0 Å². The van der Waals surface area contributed by atoms with Gasteiger partial charge in [0.05, 0.1) is 12.3 Å². The summed E-state index contributed by atoms with van der Waals surface area (Å²) in [6.45, 7) is 0. The molecule has 1 amide bonds. The Morgan fingerprint density at radius 1 is 1.26 bits per heavy atom. The highest BCUT2D eigenvalue weighted by Crippen LogP contribution is 2.37. The number of amides is 1. The number of hydrogen-bond donors (Lipinski definition) is 2. The van der Waals surface area contributed by atoms with Crippen molar-refractivity contribution in [2.24, 2.45) is 10.9 Å².